The molecule has 0 aliphatic carbocycles. The molecule has 16 heavy (non-hydrogen) atoms. The van der Waals surface area contributed by atoms with Gasteiger partial charge in [-0.1, -0.05) is 0 Å². The summed E-state index contributed by atoms with van der Waals surface area (Å²) in [6, 6.07) is 3.72. The van der Waals surface area contributed by atoms with Crippen molar-refractivity contribution < 1.29 is 9.90 Å². The summed E-state index contributed by atoms with van der Waals surface area (Å²) in [7, 11) is 1.86. The molecule has 0 radical (unpaired) electrons. The molecule has 1 aromatic rings. The van der Waals surface area contributed by atoms with Crippen LogP contribution >= 0.6 is 0 Å². The van der Waals surface area contributed by atoms with Crippen LogP contribution in [0.2, 0.25) is 0 Å². The highest BCUT2D eigenvalue weighted by atomic mass is 16.3. The highest BCUT2D eigenvalue weighted by Gasteiger charge is 2.21. The fraction of sp³-hybridized carbons (Fsp3) is 0.583. The normalized spacial score (nSPS) is 11.6. The van der Waals surface area contributed by atoms with Gasteiger partial charge in [0.1, 0.15) is 5.69 Å². The molecule has 0 aromatic carbocycles. The summed E-state index contributed by atoms with van der Waals surface area (Å²) in [5.41, 5.74) is 1.30. The molecule has 0 atom stereocenters. The number of amides is 1. The maximum Gasteiger partial charge on any atom is 0.268 e. The molecule has 90 valence electrons. The second kappa shape index (κ2) is 4.70. The number of carbonyl (C=O) groups excluding carboxylic acids is 1. The third-order valence-corrected chi connectivity index (χ3v) is 2.79. The van der Waals surface area contributed by atoms with Crippen molar-refractivity contribution in [3.8, 4) is 0 Å². The summed E-state index contributed by atoms with van der Waals surface area (Å²) in [6.45, 7) is 5.82. The molecule has 1 heterocycles. The van der Waals surface area contributed by atoms with E-state index in [1.165, 1.54) is 0 Å². The van der Waals surface area contributed by atoms with Gasteiger partial charge in [0.15, 0.2) is 0 Å². The van der Waals surface area contributed by atoms with Gasteiger partial charge >= 0.3 is 0 Å². The Morgan fingerprint density at radius 2 is 2.12 bits per heavy atom. The van der Waals surface area contributed by atoms with Gasteiger partial charge in [0.05, 0.1) is 0 Å². The lowest BCUT2D eigenvalue weighted by molar-refractivity contribution is 0.0891. The van der Waals surface area contributed by atoms with Crippen LogP contribution in [0.15, 0.2) is 12.1 Å². The van der Waals surface area contributed by atoms with Crippen LogP contribution in [0.5, 0.6) is 0 Å². The van der Waals surface area contributed by atoms with Crippen LogP contribution in [0.1, 0.15) is 36.5 Å². The molecule has 0 spiro atoms. The van der Waals surface area contributed by atoms with E-state index in [1.54, 1.807) is 6.07 Å². The predicted octanol–water partition coefficient (Wildman–Crippen LogP) is 1.22. The summed E-state index contributed by atoms with van der Waals surface area (Å²) >= 11 is 0. The van der Waals surface area contributed by atoms with Gasteiger partial charge in [-0.15, -0.1) is 0 Å². The third kappa shape index (κ3) is 2.85. The summed E-state index contributed by atoms with van der Waals surface area (Å²) in [4.78, 5) is 12.0. The quantitative estimate of drug-likeness (QED) is 0.808. The summed E-state index contributed by atoms with van der Waals surface area (Å²) in [6.07, 6.45) is 0.544. The maximum atomic E-state index is 12.0. The molecule has 4 heteroatoms. The van der Waals surface area contributed by atoms with Crippen LogP contribution < -0.4 is 5.32 Å². The summed E-state index contributed by atoms with van der Waals surface area (Å²) < 4.78 is 1.85. The number of nitrogens with one attached hydrogen (secondary N) is 1. The van der Waals surface area contributed by atoms with E-state index < -0.39 is 0 Å². The van der Waals surface area contributed by atoms with E-state index in [0.29, 0.717) is 12.1 Å². The molecular formula is C12H20N2O2. The fourth-order valence-electron chi connectivity index (χ4n) is 1.55. The lowest BCUT2D eigenvalue weighted by Gasteiger charge is -2.25. The molecule has 0 saturated carbocycles. The van der Waals surface area contributed by atoms with Crippen molar-refractivity contribution in [2.45, 2.75) is 32.7 Å². The molecule has 1 aromatic heterocycles. The van der Waals surface area contributed by atoms with Gasteiger partial charge in [-0.2, -0.15) is 0 Å². The van der Waals surface area contributed by atoms with E-state index in [0.717, 1.165) is 5.69 Å². The van der Waals surface area contributed by atoms with Crippen LogP contribution in [0.4, 0.5) is 0 Å². The van der Waals surface area contributed by atoms with Crippen molar-refractivity contribution in [2.75, 3.05) is 6.61 Å². The average molecular weight is 224 g/mol. The second-order valence-electron chi connectivity index (χ2n) is 4.73. The van der Waals surface area contributed by atoms with E-state index in [1.807, 2.05) is 38.5 Å². The fourth-order valence-corrected chi connectivity index (χ4v) is 1.55. The standard InChI is InChI=1S/C12H20N2O2/c1-9-5-6-10(14(9)4)11(16)13-12(2,3)7-8-15/h5-6,15H,7-8H2,1-4H3,(H,13,16). The monoisotopic (exact) mass is 224 g/mol. The number of aliphatic hydroxyl groups excluding tert-OH is 1. The molecule has 0 aliphatic heterocycles. The van der Waals surface area contributed by atoms with Crippen molar-refractivity contribution in [1.29, 1.82) is 0 Å². The number of aliphatic hydroxyl groups is 1. The minimum Gasteiger partial charge on any atom is -0.396 e. The molecule has 0 saturated heterocycles. The first-order chi connectivity index (χ1) is 7.37. The molecule has 0 fully saturated rings. The number of hydrogen-bond acceptors (Lipinski definition) is 2. The van der Waals surface area contributed by atoms with Crippen molar-refractivity contribution in [2.24, 2.45) is 7.05 Å². The minimum absolute atomic E-state index is 0.0689. The van der Waals surface area contributed by atoms with Crippen molar-refractivity contribution in [1.82, 2.24) is 9.88 Å². The molecule has 0 unspecified atom stereocenters. The molecular weight excluding hydrogens is 204 g/mol. The Labute approximate surface area is 96.3 Å². The molecule has 4 nitrogen and oxygen atoms in total. The Balaban J connectivity index is 2.77. The second-order valence-corrected chi connectivity index (χ2v) is 4.73. The lowest BCUT2D eigenvalue weighted by atomic mass is 10.0. The topological polar surface area (TPSA) is 54.3 Å². The third-order valence-electron chi connectivity index (χ3n) is 2.79. The van der Waals surface area contributed by atoms with Crippen LogP contribution in [-0.2, 0) is 7.05 Å². The molecule has 1 amide bonds. The smallest absolute Gasteiger partial charge is 0.268 e. The lowest BCUT2D eigenvalue weighted by Crippen LogP contribution is -2.44. The number of hydrogen-bond donors (Lipinski definition) is 2. The molecule has 0 aliphatic rings. The van der Waals surface area contributed by atoms with Gasteiger partial charge in [-0.05, 0) is 39.3 Å². The van der Waals surface area contributed by atoms with E-state index in [9.17, 15) is 4.79 Å². The van der Waals surface area contributed by atoms with Gasteiger partial charge in [-0.3, -0.25) is 4.79 Å². The Bertz CT molecular complexity index is 380. The highest BCUT2D eigenvalue weighted by Crippen LogP contribution is 2.11. The SMILES string of the molecule is Cc1ccc(C(=O)NC(C)(C)CCO)n1C. The van der Waals surface area contributed by atoms with Gasteiger partial charge in [0, 0.05) is 24.9 Å². The van der Waals surface area contributed by atoms with Gasteiger partial charge in [-0.25, -0.2) is 0 Å². The zero-order valence-electron chi connectivity index (χ0n) is 10.4. The average Bonchev–Trinajstić information content (AvgIpc) is 2.46. The van der Waals surface area contributed by atoms with Crippen molar-refractivity contribution in [3.05, 3.63) is 23.5 Å². The van der Waals surface area contributed by atoms with Crippen molar-refractivity contribution in [3.63, 3.8) is 0 Å². The van der Waals surface area contributed by atoms with Crippen molar-refractivity contribution >= 4 is 5.91 Å². The van der Waals surface area contributed by atoms with E-state index in [-0.39, 0.29) is 18.1 Å². The maximum absolute atomic E-state index is 12.0. The number of aromatic nitrogens is 1. The Morgan fingerprint density at radius 1 is 1.50 bits per heavy atom. The van der Waals surface area contributed by atoms with Crippen LogP contribution in [0.25, 0.3) is 0 Å². The Kier molecular flexibility index (Phi) is 3.75. The van der Waals surface area contributed by atoms with Crippen LogP contribution in [0.3, 0.4) is 0 Å². The molecule has 0 bridgehead atoms. The summed E-state index contributed by atoms with van der Waals surface area (Å²) in [5, 5.41) is 11.8. The van der Waals surface area contributed by atoms with Gasteiger partial charge < -0.3 is 15.0 Å². The van der Waals surface area contributed by atoms with E-state index in [2.05, 4.69) is 5.32 Å². The molecule has 1 rings (SSSR count). The molecule has 2 N–H and O–H groups in total. The first-order valence-electron chi connectivity index (χ1n) is 5.43. The van der Waals surface area contributed by atoms with E-state index in [4.69, 9.17) is 5.11 Å². The largest absolute Gasteiger partial charge is 0.396 e. The van der Waals surface area contributed by atoms with Crippen LogP contribution in [-0.4, -0.2) is 27.7 Å². The first-order valence-corrected chi connectivity index (χ1v) is 5.43. The number of carbonyl (C=O) groups is 1. The number of nitrogens with zero attached hydrogens (tertiary/aromatic N) is 1. The van der Waals surface area contributed by atoms with Crippen LogP contribution in [0, 0.1) is 6.92 Å². The minimum atomic E-state index is -0.385. The zero-order chi connectivity index (χ0) is 12.3. The Morgan fingerprint density at radius 3 is 2.56 bits per heavy atom. The first kappa shape index (κ1) is 12.8. The number of rotatable bonds is 4. The highest BCUT2D eigenvalue weighted by molar-refractivity contribution is 5.93. The van der Waals surface area contributed by atoms with Gasteiger partial charge in [0.25, 0.3) is 5.91 Å². The number of aryl methyl sites for hydroxylation is 1. The summed E-state index contributed by atoms with van der Waals surface area (Å²) in [5.74, 6) is -0.103. The zero-order valence-corrected chi connectivity index (χ0v) is 10.4. The van der Waals surface area contributed by atoms with E-state index >= 15 is 0 Å². The predicted molar refractivity (Wildman–Crippen MR) is 63.4 cm³/mol. The Hall–Kier alpha value is -1.29. The van der Waals surface area contributed by atoms with Gasteiger partial charge in [0.2, 0.25) is 0 Å².